The Labute approximate surface area is 91.0 Å². The molecule has 2 nitrogen and oxygen atoms in total. The number of hydrogen-bond acceptors (Lipinski definition) is 2. The molecule has 1 fully saturated rings. The summed E-state index contributed by atoms with van der Waals surface area (Å²) in [5.74, 6) is 0.902. The van der Waals surface area contributed by atoms with Crippen molar-refractivity contribution in [3.05, 3.63) is 36.9 Å². The SMILES string of the molecule is C=CCOc1cccc(NC2CCC2)c1. The van der Waals surface area contributed by atoms with Gasteiger partial charge in [0.2, 0.25) is 0 Å². The molecule has 0 aliphatic heterocycles. The lowest BCUT2D eigenvalue weighted by molar-refractivity contribution is 0.363. The van der Waals surface area contributed by atoms with Crippen LogP contribution in [-0.2, 0) is 0 Å². The van der Waals surface area contributed by atoms with Crippen molar-refractivity contribution in [1.29, 1.82) is 0 Å². The van der Waals surface area contributed by atoms with Crippen LogP contribution in [0.4, 0.5) is 5.69 Å². The summed E-state index contributed by atoms with van der Waals surface area (Å²) in [6.07, 6.45) is 5.69. The van der Waals surface area contributed by atoms with Crippen LogP contribution in [0.1, 0.15) is 19.3 Å². The second kappa shape index (κ2) is 4.87. The molecular weight excluding hydrogens is 186 g/mol. The van der Waals surface area contributed by atoms with E-state index in [2.05, 4.69) is 18.0 Å². The molecule has 0 spiro atoms. The van der Waals surface area contributed by atoms with Gasteiger partial charge in [0.05, 0.1) is 0 Å². The van der Waals surface area contributed by atoms with Crippen LogP contribution in [0, 0.1) is 0 Å². The molecule has 80 valence electrons. The van der Waals surface area contributed by atoms with Crippen LogP contribution in [0.25, 0.3) is 0 Å². The zero-order valence-electron chi connectivity index (χ0n) is 8.91. The van der Waals surface area contributed by atoms with Crippen LogP contribution in [0.5, 0.6) is 5.75 Å². The van der Waals surface area contributed by atoms with E-state index in [1.54, 1.807) is 6.08 Å². The second-order valence-electron chi connectivity index (χ2n) is 3.90. The lowest BCUT2D eigenvalue weighted by atomic mass is 9.93. The van der Waals surface area contributed by atoms with Crippen LogP contribution in [-0.4, -0.2) is 12.6 Å². The smallest absolute Gasteiger partial charge is 0.121 e. The number of nitrogens with one attached hydrogen (secondary N) is 1. The summed E-state index contributed by atoms with van der Waals surface area (Å²) in [6, 6.07) is 8.77. The molecule has 0 atom stereocenters. The third-order valence-corrected chi connectivity index (χ3v) is 2.68. The van der Waals surface area contributed by atoms with Crippen molar-refractivity contribution < 1.29 is 4.74 Å². The number of anilines is 1. The van der Waals surface area contributed by atoms with Crippen molar-refractivity contribution in [2.24, 2.45) is 0 Å². The lowest BCUT2D eigenvalue weighted by Gasteiger charge is -2.27. The maximum absolute atomic E-state index is 5.47. The first-order valence-corrected chi connectivity index (χ1v) is 5.49. The van der Waals surface area contributed by atoms with Crippen molar-refractivity contribution in [2.75, 3.05) is 11.9 Å². The van der Waals surface area contributed by atoms with Gasteiger partial charge >= 0.3 is 0 Å². The summed E-state index contributed by atoms with van der Waals surface area (Å²) in [6.45, 7) is 4.19. The van der Waals surface area contributed by atoms with Gasteiger partial charge in [0.25, 0.3) is 0 Å². The predicted octanol–water partition coefficient (Wildman–Crippen LogP) is 3.22. The summed E-state index contributed by atoms with van der Waals surface area (Å²) < 4.78 is 5.47. The van der Waals surface area contributed by atoms with Crippen LogP contribution >= 0.6 is 0 Å². The van der Waals surface area contributed by atoms with Gasteiger partial charge in [-0.25, -0.2) is 0 Å². The molecule has 0 heterocycles. The van der Waals surface area contributed by atoms with E-state index in [9.17, 15) is 0 Å². The molecule has 2 rings (SSSR count). The Balaban J connectivity index is 1.94. The van der Waals surface area contributed by atoms with Gasteiger partial charge in [-0.3, -0.25) is 0 Å². The van der Waals surface area contributed by atoms with Gasteiger partial charge in [0.15, 0.2) is 0 Å². The molecule has 2 heteroatoms. The Morgan fingerprint density at radius 2 is 2.33 bits per heavy atom. The highest BCUT2D eigenvalue weighted by molar-refractivity contribution is 5.49. The minimum absolute atomic E-state index is 0.562. The Kier molecular flexibility index (Phi) is 3.28. The molecule has 0 unspecified atom stereocenters. The van der Waals surface area contributed by atoms with Crippen molar-refractivity contribution in [3.8, 4) is 5.75 Å². The molecular formula is C13H17NO. The summed E-state index contributed by atoms with van der Waals surface area (Å²) in [5, 5.41) is 3.49. The van der Waals surface area contributed by atoms with Gasteiger partial charge in [0.1, 0.15) is 12.4 Å². The van der Waals surface area contributed by atoms with Gasteiger partial charge in [-0.1, -0.05) is 18.7 Å². The number of hydrogen-bond donors (Lipinski definition) is 1. The molecule has 0 radical (unpaired) electrons. The quantitative estimate of drug-likeness (QED) is 0.742. The van der Waals surface area contributed by atoms with E-state index < -0.39 is 0 Å². The molecule has 1 aromatic rings. The van der Waals surface area contributed by atoms with Crippen molar-refractivity contribution >= 4 is 5.69 Å². The molecule has 1 aromatic carbocycles. The van der Waals surface area contributed by atoms with Gasteiger partial charge in [-0.05, 0) is 31.4 Å². The molecule has 0 bridgehead atoms. The van der Waals surface area contributed by atoms with E-state index in [0.29, 0.717) is 12.6 Å². The first-order valence-electron chi connectivity index (χ1n) is 5.49. The van der Waals surface area contributed by atoms with E-state index in [4.69, 9.17) is 4.74 Å². The Hall–Kier alpha value is -1.44. The maximum Gasteiger partial charge on any atom is 0.121 e. The highest BCUT2D eigenvalue weighted by atomic mass is 16.5. The highest BCUT2D eigenvalue weighted by Crippen LogP contribution is 2.25. The Morgan fingerprint density at radius 3 is 3.00 bits per heavy atom. The van der Waals surface area contributed by atoms with E-state index in [-0.39, 0.29) is 0 Å². The van der Waals surface area contributed by atoms with E-state index >= 15 is 0 Å². The topological polar surface area (TPSA) is 21.3 Å². The number of rotatable bonds is 5. The average molecular weight is 203 g/mol. The summed E-state index contributed by atoms with van der Waals surface area (Å²) in [7, 11) is 0. The minimum Gasteiger partial charge on any atom is -0.489 e. The molecule has 0 aromatic heterocycles. The molecule has 0 amide bonds. The zero-order chi connectivity index (χ0) is 10.5. The van der Waals surface area contributed by atoms with Crippen molar-refractivity contribution in [1.82, 2.24) is 0 Å². The average Bonchev–Trinajstić information content (AvgIpc) is 2.21. The summed E-state index contributed by atoms with van der Waals surface area (Å²) >= 11 is 0. The molecule has 1 aliphatic carbocycles. The third-order valence-electron chi connectivity index (χ3n) is 2.68. The predicted molar refractivity (Wildman–Crippen MR) is 63.4 cm³/mol. The normalized spacial score (nSPS) is 15.5. The Morgan fingerprint density at radius 1 is 1.47 bits per heavy atom. The van der Waals surface area contributed by atoms with E-state index in [1.807, 2.05) is 18.2 Å². The number of ether oxygens (including phenoxy) is 1. The highest BCUT2D eigenvalue weighted by Gasteiger charge is 2.16. The van der Waals surface area contributed by atoms with Gasteiger partial charge in [-0.2, -0.15) is 0 Å². The largest absolute Gasteiger partial charge is 0.489 e. The first kappa shape index (κ1) is 10.1. The third kappa shape index (κ3) is 2.75. The van der Waals surface area contributed by atoms with Gasteiger partial charge in [0, 0.05) is 17.8 Å². The van der Waals surface area contributed by atoms with Crippen LogP contribution < -0.4 is 10.1 Å². The first-order chi connectivity index (χ1) is 7.38. The van der Waals surface area contributed by atoms with Crippen LogP contribution in [0.15, 0.2) is 36.9 Å². The van der Waals surface area contributed by atoms with Crippen LogP contribution in [0.2, 0.25) is 0 Å². The zero-order valence-corrected chi connectivity index (χ0v) is 8.91. The number of benzene rings is 1. The van der Waals surface area contributed by atoms with Crippen molar-refractivity contribution in [2.45, 2.75) is 25.3 Å². The van der Waals surface area contributed by atoms with Crippen molar-refractivity contribution in [3.63, 3.8) is 0 Å². The molecule has 1 saturated carbocycles. The van der Waals surface area contributed by atoms with Gasteiger partial charge in [-0.15, -0.1) is 0 Å². The summed E-state index contributed by atoms with van der Waals surface area (Å²) in [5.41, 5.74) is 1.15. The fraction of sp³-hybridized carbons (Fsp3) is 0.385. The molecule has 1 N–H and O–H groups in total. The minimum atomic E-state index is 0.562. The van der Waals surface area contributed by atoms with Gasteiger partial charge < -0.3 is 10.1 Å². The maximum atomic E-state index is 5.47. The molecule has 15 heavy (non-hydrogen) atoms. The standard InChI is InChI=1S/C13H17NO/c1-2-9-15-13-8-4-7-12(10-13)14-11-5-3-6-11/h2,4,7-8,10-11,14H,1,3,5-6,9H2. The fourth-order valence-corrected chi connectivity index (χ4v) is 1.62. The molecule has 1 aliphatic rings. The van der Waals surface area contributed by atoms with E-state index in [0.717, 1.165) is 11.4 Å². The Bertz CT molecular complexity index is 331. The lowest BCUT2D eigenvalue weighted by Crippen LogP contribution is -2.26. The van der Waals surface area contributed by atoms with E-state index in [1.165, 1.54) is 19.3 Å². The monoisotopic (exact) mass is 203 g/mol. The summed E-state index contributed by atoms with van der Waals surface area (Å²) in [4.78, 5) is 0. The molecule has 0 saturated heterocycles. The second-order valence-corrected chi connectivity index (χ2v) is 3.90. The van der Waals surface area contributed by atoms with Crippen LogP contribution in [0.3, 0.4) is 0 Å². The fourth-order valence-electron chi connectivity index (χ4n) is 1.62.